The van der Waals surface area contributed by atoms with Crippen molar-refractivity contribution in [3.8, 4) is 22.0 Å². The first kappa shape index (κ1) is 21.8. The molecule has 1 fully saturated rings. The smallest absolute Gasteiger partial charge is 0.241 e. The molecule has 0 bridgehead atoms. The summed E-state index contributed by atoms with van der Waals surface area (Å²) >= 11 is 7.51. The van der Waals surface area contributed by atoms with Gasteiger partial charge in [0.25, 0.3) is 0 Å². The lowest BCUT2D eigenvalue weighted by Gasteiger charge is -2.33. The number of benzene rings is 1. The number of oxazole rings is 1. The van der Waals surface area contributed by atoms with E-state index in [1.165, 1.54) is 0 Å². The van der Waals surface area contributed by atoms with Gasteiger partial charge in [0.2, 0.25) is 17.6 Å². The molecule has 0 aliphatic carbocycles. The second kappa shape index (κ2) is 9.86. The van der Waals surface area contributed by atoms with Crippen LogP contribution in [0.25, 0.3) is 22.0 Å². The van der Waals surface area contributed by atoms with Crippen LogP contribution in [0, 0.1) is 0 Å². The predicted octanol–water partition coefficient (Wildman–Crippen LogP) is 4.38. The van der Waals surface area contributed by atoms with Gasteiger partial charge in [-0.25, -0.2) is 4.98 Å². The lowest BCUT2D eigenvalue weighted by Crippen LogP contribution is -2.48. The van der Waals surface area contributed by atoms with Crippen LogP contribution in [0.3, 0.4) is 0 Å². The summed E-state index contributed by atoms with van der Waals surface area (Å²) in [5.74, 6) is 2.56. The number of rotatable bonds is 7. The molecule has 170 valence electrons. The fourth-order valence-corrected chi connectivity index (χ4v) is 4.49. The Kier molecular flexibility index (Phi) is 6.52. The molecular weight excluding hydrogens is 462 g/mol. The molecule has 0 saturated carbocycles. The van der Waals surface area contributed by atoms with Crippen LogP contribution in [-0.2, 0) is 17.8 Å². The fourth-order valence-electron chi connectivity index (χ4n) is 3.72. The van der Waals surface area contributed by atoms with Gasteiger partial charge in [0.1, 0.15) is 0 Å². The second-order valence-corrected chi connectivity index (χ2v) is 9.16. The zero-order valence-electron chi connectivity index (χ0n) is 17.8. The van der Waals surface area contributed by atoms with Crippen molar-refractivity contribution >= 4 is 28.8 Å². The van der Waals surface area contributed by atoms with Crippen molar-refractivity contribution in [3.63, 3.8) is 0 Å². The van der Waals surface area contributed by atoms with Crippen molar-refractivity contribution in [1.82, 2.24) is 24.9 Å². The maximum Gasteiger partial charge on any atom is 0.241 e. The van der Waals surface area contributed by atoms with Crippen LogP contribution >= 0.6 is 22.9 Å². The summed E-state index contributed by atoms with van der Waals surface area (Å²) in [5.41, 5.74) is 0.907. The number of carbonyl (C=O) groups excluding carboxylic acids is 1. The molecule has 3 aromatic heterocycles. The molecule has 5 rings (SSSR count). The van der Waals surface area contributed by atoms with Crippen LogP contribution < -0.4 is 0 Å². The van der Waals surface area contributed by atoms with Crippen LogP contribution in [-0.4, -0.2) is 57.0 Å². The van der Waals surface area contributed by atoms with Gasteiger partial charge in [-0.1, -0.05) is 22.8 Å². The number of aromatic nitrogens is 3. The number of halogens is 1. The molecule has 1 aliphatic heterocycles. The van der Waals surface area contributed by atoms with E-state index in [2.05, 4.69) is 20.0 Å². The van der Waals surface area contributed by atoms with E-state index < -0.39 is 0 Å². The van der Waals surface area contributed by atoms with Gasteiger partial charge in [-0.05, 0) is 35.7 Å². The molecule has 1 aliphatic rings. The summed E-state index contributed by atoms with van der Waals surface area (Å²) in [4.78, 5) is 26.6. The van der Waals surface area contributed by atoms with Crippen LogP contribution in [0.2, 0.25) is 5.02 Å². The van der Waals surface area contributed by atoms with Gasteiger partial charge in [-0.2, -0.15) is 4.98 Å². The zero-order chi connectivity index (χ0) is 22.6. The summed E-state index contributed by atoms with van der Waals surface area (Å²) in [7, 11) is 0. The van der Waals surface area contributed by atoms with Gasteiger partial charge in [-0.3, -0.25) is 9.69 Å². The molecule has 0 N–H and O–H groups in total. The third-order valence-electron chi connectivity index (χ3n) is 5.53. The largest absolute Gasteiger partial charge is 0.441 e. The number of aryl methyl sites for hydroxylation is 1. The number of carbonyl (C=O) groups is 1. The number of thiophene rings is 1. The lowest BCUT2D eigenvalue weighted by molar-refractivity contribution is -0.133. The summed E-state index contributed by atoms with van der Waals surface area (Å²) in [6.07, 6.45) is 2.53. The molecule has 1 saturated heterocycles. The molecule has 4 heterocycles. The quantitative estimate of drug-likeness (QED) is 0.385. The molecule has 10 heteroatoms. The lowest BCUT2D eigenvalue weighted by atomic mass is 10.2. The zero-order valence-corrected chi connectivity index (χ0v) is 19.4. The Labute approximate surface area is 199 Å². The van der Waals surface area contributed by atoms with E-state index in [0.29, 0.717) is 60.9 Å². The number of piperazine rings is 1. The van der Waals surface area contributed by atoms with E-state index >= 15 is 0 Å². The molecule has 33 heavy (non-hydrogen) atoms. The number of hydrogen-bond acceptors (Lipinski definition) is 8. The van der Waals surface area contributed by atoms with E-state index in [4.69, 9.17) is 20.5 Å². The van der Waals surface area contributed by atoms with Gasteiger partial charge in [0.15, 0.2) is 11.7 Å². The minimum atomic E-state index is 0.110. The van der Waals surface area contributed by atoms with Crippen molar-refractivity contribution in [2.45, 2.75) is 19.4 Å². The third-order valence-corrected chi connectivity index (χ3v) is 6.65. The van der Waals surface area contributed by atoms with Crippen LogP contribution in [0.5, 0.6) is 0 Å². The molecule has 0 unspecified atom stereocenters. The molecule has 1 aromatic carbocycles. The minimum Gasteiger partial charge on any atom is -0.441 e. The van der Waals surface area contributed by atoms with Crippen LogP contribution in [0.1, 0.15) is 18.2 Å². The normalized spacial score (nSPS) is 14.6. The fraction of sp³-hybridized carbons (Fsp3) is 0.304. The van der Waals surface area contributed by atoms with E-state index in [0.717, 1.165) is 23.5 Å². The van der Waals surface area contributed by atoms with Gasteiger partial charge in [-0.15, -0.1) is 11.3 Å². The highest BCUT2D eigenvalue weighted by Gasteiger charge is 2.23. The van der Waals surface area contributed by atoms with E-state index in [9.17, 15) is 4.79 Å². The van der Waals surface area contributed by atoms with Crippen molar-refractivity contribution in [2.75, 3.05) is 26.2 Å². The molecule has 0 radical (unpaired) electrons. The van der Waals surface area contributed by atoms with Crippen LogP contribution in [0.4, 0.5) is 0 Å². The highest BCUT2D eigenvalue weighted by atomic mass is 35.5. The minimum absolute atomic E-state index is 0.110. The summed E-state index contributed by atoms with van der Waals surface area (Å²) in [6, 6.07) is 11.3. The van der Waals surface area contributed by atoms with E-state index in [-0.39, 0.29) is 5.91 Å². The Balaban J connectivity index is 1.08. The van der Waals surface area contributed by atoms with Crippen molar-refractivity contribution < 1.29 is 13.7 Å². The van der Waals surface area contributed by atoms with Crippen molar-refractivity contribution in [3.05, 3.63) is 64.8 Å². The molecule has 0 atom stereocenters. The van der Waals surface area contributed by atoms with Gasteiger partial charge >= 0.3 is 0 Å². The highest BCUT2D eigenvalue weighted by molar-refractivity contribution is 7.13. The molecular formula is C23H22ClN5O3S. The molecule has 0 spiro atoms. The first-order chi connectivity index (χ1) is 16.1. The topological polar surface area (TPSA) is 88.5 Å². The molecule has 4 aromatic rings. The second-order valence-electron chi connectivity index (χ2n) is 7.77. The average Bonchev–Trinajstić information content (AvgIpc) is 3.60. The predicted molar refractivity (Wildman–Crippen MR) is 125 cm³/mol. The monoisotopic (exact) mass is 483 g/mol. The van der Waals surface area contributed by atoms with Gasteiger partial charge in [0, 0.05) is 49.6 Å². The number of nitrogens with zero attached hydrogens (tertiary/aromatic N) is 5. The highest BCUT2D eigenvalue weighted by Crippen LogP contribution is 2.23. The Hall–Kier alpha value is -3.01. The Bertz CT molecular complexity index is 1200. The van der Waals surface area contributed by atoms with Gasteiger partial charge in [0.05, 0.1) is 17.6 Å². The molecule has 1 amide bonds. The maximum atomic E-state index is 12.7. The number of amides is 1. The van der Waals surface area contributed by atoms with Crippen molar-refractivity contribution in [2.24, 2.45) is 0 Å². The van der Waals surface area contributed by atoms with Crippen molar-refractivity contribution in [1.29, 1.82) is 0 Å². The van der Waals surface area contributed by atoms with E-state index in [1.807, 2.05) is 46.7 Å². The first-order valence-corrected chi connectivity index (χ1v) is 12.0. The molecule has 8 nitrogen and oxygen atoms in total. The Morgan fingerprint density at radius 1 is 1.09 bits per heavy atom. The average molecular weight is 484 g/mol. The summed E-state index contributed by atoms with van der Waals surface area (Å²) in [6.45, 7) is 3.47. The summed E-state index contributed by atoms with van der Waals surface area (Å²) in [5, 5.41) is 6.72. The third kappa shape index (κ3) is 5.32. The SMILES string of the molecule is O=C(CCc1ncc(-c2ccc(Cl)cc2)o1)N1CCN(Cc2nc(-c3cccs3)no2)CC1. The first-order valence-electron chi connectivity index (χ1n) is 10.7. The van der Waals surface area contributed by atoms with Crippen LogP contribution in [0.15, 0.2) is 56.9 Å². The Morgan fingerprint density at radius 3 is 2.67 bits per heavy atom. The number of hydrogen-bond donors (Lipinski definition) is 0. The maximum absolute atomic E-state index is 12.7. The Morgan fingerprint density at radius 2 is 1.91 bits per heavy atom. The van der Waals surface area contributed by atoms with Gasteiger partial charge < -0.3 is 13.8 Å². The summed E-state index contributed by atoms with van der Waals surface area (Å²) < 4.78 is 11.2. The standard InChI is InChI=1S/C23H22ClN5O3S/c24-17-5-3-16(4-6-17)18-14-25-20(31-18)7-8-22(30)29-11-9-28(10-12-29)15-21-26-23(27-32-21)19-2-1-13-33-19/h1-6,13-14H,7-12,15H2. The van der Waals surface area contributed by atoms with E-state index in [1.54, 1.807) is 17.5 Å².